The quantitative estimate of drug-likeness (QED) is 0.745. The zero-order chi connectivity index (χ0) is 12.5. The van der Waals surface area contributed by atoms with E-state index < -0.39 is 5.97 Å². The summed E-state index contributed by atoms with van der Waals surface area (Å²) in [5.41, 5.74) is 2.09. The maximum atomic E-state index is 11.4. The summed E-state index contributed by atoms with van der Waals surface area (Å²) in [6.45, 7) is 3.43. The highest BCUT2D eigenvalue weighted by atomic mass is 16.4. The van der Waals surface area contributed by atoms with Crippen molar-refractivity contribution in [1.82, 2.24) is 10.3 Å². The molecule has 0 spiro atoms. The van der Waals surface area contributed by atoms with Gasteiger partial charge in [-0.3, -0.25) is 0 Å². The summed E-state index contributed by atoms with van der Waals surface area (Å²) >= 11 is 0. The Morgan fingerprint density at radius 1 is 1.22 bits per heavy atom. The van der Waals surface area contributed by atoms with E-state index in [4.69, 9.17) is 0 Å². The average molecular weight is 245 g/mol. The maximum Gasteiger partial charge on any atom is 0.337 e. The fraction of sp³-hybridized carbons (Fsp3) is 0.308. The van der Waals surface area contributed by atoms with Gasteiger partial charge in [-0.2, -0.15) is 0 Å². The molecule has 0 bridgehead atoms. The minimum atomic E-state index is -0.875. The van der Waals surface area contributed by atoms with Crippen LogP contribution < -0.4 is 10.2 Å². The highest BCUT2D eigenvalue weighted by Crippen LogP contribution is 2.30. The SMILES string of the molecule is O=C(O)c1ccc2cc[nH]c2c1N1CCNCC1. The molecule has 94 valence electrons. The van der Waals surface area contributed by atoms with E-state index in [1.807, 2.05) is 18.3 Å². The Morgan fingerprint density at radius 3 is 2.72 bits per heavy atom. The zero-order valence-electron chi connectivity index (χ0n) is 9.94. The molecule has 2 heterocycles. The molecule has 1 aliphatic heterocycles. The fourth-order valence-electron chi connectivity index (χ4n) is 2.50. The Morgan fingerprint density at radius 2 is 2.00 bits per heavy atom. The number of aromatic amines is 1. The predicted molar refractivity (Wildman–Crippen MR) is 70.3 cm³/mol. The lowest BCUT2D eigenvalue weighted by atomic mass is 10.1. The standard InChI is InChI=1S/C13H15N3O2/c17-13(18)10-2-1-9-3-4-15-11(9)12(10)16-7-5-14-6-8-16/h1-4,14-15H,5-8H2,(H,17,18). The van der Waals surface area contributed by atoms with Gasteiger partial charge in [-0.15, -0.1) is 0 Å². The second-order valence-electron chi connectivity index (χ2n) is 4.45. The van der Waals surface area contributed by atoms with E-state index in [0.717, 1.165) is 42.8 Å². The van der Waals surface area contributed by atoms with Crippen LogP contribution in [0, 0.1) is 0 Å². The Balaban J connectivity index is 2.18. The van der Waals surface area contributed by atoms with Crippen molar-refractivity contribution in [2.24, 2.45) is 0 Å². The van der Waals surface area contributed by atoms with Crippen molar-refractivity contribution >= 4 is 22.6 Å². The lowest BCUT2D eigenvalue weighted by molar-refractivity contribution is 0.0697. The highest BCUT2D eigenvalue weighted by Gasteiger charge is 2.21. The first-order valence-electron chi connectivity index (χ1n) is 6.06. The molecule has 0 radical (unpaired) electrons. The van der Waals surface area contributed by atoms with Crippen LogP contribution in [-0.2, 0) is 0 Å². The number of anilines is 1. The van der Waals surface area contributed by atoms with Crippen molar-refractivity contribution < 1.29 is 9.90 Å². The number of carbonyl (C=O) groups is 1. The molecule has 0 unspecified atom stereocenters. The minimum Gasteiger partial charge on any atom is -0.478 e. The number of hydrogen-bond acceptors (Lipinski definition) is 3. The summed E-state index contributed by atoms with van der Waals surface area (Å²) in [5, 5.41) is 13.7. The number of piperazine rings is 1. The molecule has 5 nitrogen and oxygen atoms in total. The van der Waals surface area contributed by atoms with Crippen LogP contribution in [0.15, 0.2) is 24.4 Å². The van der Waals surface area contributed by atoms with Gasteiger partial charge in [0, 0.05) is 37.8 Å². The molecule has 0 saturated carbocycles. The molecule has 0 amide bonds. The number of aromatic carboxylic acids is 1. The first-order chi connectivity index (χ1) is 8.77. The van der Waals surface area contributed by atoms with E-state index in [0.29, 0.717) is 5.56 Å². The van der Waals surface area contributed by atoms with Gasteiger partial charge >= 0.3 is 5.97 Å². The molecule has 1 fully saturated rings. The molecular weight excluding hydrogens is 230 g/mol. The number of nitrogens with one attached hydrogen (secondary N) is 2. The first kappa shape index (κ1) is 11.1. The summed E-state index contributed by atoms with van der Waals surface area (Å²) in [6.07, 6.45) is 1.85. The van der Waals surface area contributed by atoms with Crippen LogP contribution >= 0.6 is 0 Å². The van der Waals surface area contributed by atoms with Gasteiger partial charge in [0.05, 0.1) is 16.8 Å². The first-order valence-corrected chi connectivity index (χ1v) is 6.06. The van der Waals surface area contributed by atoms with E-state index in [9.17, 15) is 9.90 Å². The van der Waals surface area contributed by atoms with Crippen molar-refractivity contribution in [2.75, 3.05) is 31.1 Å². The molecule has 0 aliphatic carbocycles. The van der Waals surface area contributed by atoms with Gasteiger partial charge in [0.2, 0.25) is 0 Å². The smallest absolute Gasteiger partial charge is 0.337 e. The number of rotatable bonds is 2. The highest BCUT2D eigenvalue weighted by molar-refractivity contribution is 6.04. The summed E-state index contributed by atoms with van der Waals surface area (Å²) in [6, 6.07) is 5.50. The summed E-state index contributed by atoms with van der Waals surface area (Å²) < 4.78 is 0. The van der Waals surface area contributed by atoms with Crippen molar-refractivity contribution in [3.05, 3.63) is 30.0 Å². The van der Waals surface area contributed by atoms with Crippen molar-refractivity contribution in [3.63, 3.8) is 0 Å². The third kappa shape index (κ3) is 1.73. The molecule has 5 heteroatoms. The van der Waals surface area contributed by atoms with Crippen LogP contribution in [0.25, 0.3) is 10.9 Å². The number of carboxylic acid groups (broad SMARTS) is 1. The lowest BCUT2D eigenvalue weighted by Crippen LogP contribution is -2.44. The molecule has 18 heavy (non-hydrogen) atoms. The number of nitrogens with zero attached hydrogens (tertiary/aromatic N) is 1. The molecule has 3 N–H and O–H groups in total. The minimum absolute atomic E-state index is 0.367. The topological polar surface area (TPSA) is 68.4 Å². The van der Waals surface area contributed by atoms with Crippen molar-refractivity contribution in [1.29, 1.82) is 0 Å². The van der Waals surface area contributed by atoms with Gasteiger partial charge in [0.25, 0.3) is 0 Å². The Hall–Kier alpha value is -2.01. The average Bonchev–Trinajstić information content (AvgIpc) is 2.86. The molecule has 1 aliphatic rings. The van der Waals surface area contributed by atoms with E-state index in [1.165, 1.54) is 0 Å². The molecule has 0 atom stereocenters. The van der Waals surface area contributed by atoms with Crippen molar-refractivity contribution in [3.8, 4) is 0 Å². The van der Waals surface area contributed by atoms with Crippen LogP contribution in [0.4, 0.5) is 5.69 Å². The molecule has 1 aromatic carbocycles. The largest absolute Gasteiger partial charge is 0.478 e. The van der Waals surface area contributed by atoms with Crippen LogP contribution in [-0.4, -0.2) is 42.2 Å². The Labute approximate surface area is 104 Å². The van der Waals surface area contributed by atoms with Crippen LogP contribution in [0.1, 0.15) is 10.4 Å². The van der Waals surface area contributed by atoms with Gasteiger partial charge in [0.1, 0.15) is 0 Å². The van der Waals surface area contributed by atoms with E-state index in [-0.39, 0.29) is 0 Å². The zero-order valence-corrected chi connectivity index (χ0v) is 9.94. The normalized spacial score (nSPS) is 16.1. The fourth-order valence-corrected chi connectivity index (χ4v) is 2.50. The van der Waals surface area contributed by atoms with Gasteiger partial charge in [0.15, 0.2) is 0 Å². The maximum absolute atomic E-state index is 11.4. The third-order valence-electron chi connectivity index (χ3n) is 3.36. The van der Waals surface area contributed by atoms with Gasteiger partial charge in [-0.05, 0) is 12.1 Å². The molecular formula is C13H15N3O2. The summed E-state index contributed by atoms with van der Waals surface area (Å²) in [7, 11) is 0. The summed E-state index contributed by atoms with van der Waals surface area (Å²) in [4.78, 5) is 16.7. The number of hydrogen-bond donors (Lipinski definition) is 3. The van der Waals surface area contributed by atoms with Crippen LogP contribution in [0.2, 0.25) is 0 Å². The number of fused-ring (bicyclic) bond motifs is 1. The number of carboxylic acids is 1. The second-order valence-corrected chi connectivity index (χ2v) is 4.45. The molecule has 1 aromatic heterocycles. The predicted octanol–water partition coefficient (Wildman–Crippen LogP) is 1.28. The second kappa shape index (κ2) is 4.34. The van der Waals surface area contributed by atoms with E-state index in [2.05, 4.69) is 15.2 Å². The summed E-state index contributed by atoms with van der Waals surface area (Å²) in [5.74, 6) is -0.875. The lowest BCUT2D eigenvalue weighted by Gasteiger charge is -2.30. The number of H-pyrrole nitrogens is 1. The monoisotopic (exact) mass is 245 g/mol. The van der Waals surface area contributed by atoms with Crippen LogP contribution in [0.5, 0.6) is 0 Å². The number of benzene rings is 1. The molecule has 1 saturated heterocycles. The third-order valence-corrected chi connectivity index (χ3v) is 3.36. The Kier molecular flexibility index (Phi) is 2.68. The molecule has 2 aromatic rings. The van der Waals surface area contributed by atoms with E-state index in [1.54, 1.807) is 6.07 Å². The molecule has 3 rings (SSSR count). The van der Waals surface area contributed by atoms with Crippen LogP contribution in [0.3, 0.4) is 0 Å². The Bertz CT molecular complexity index is 585. The van der Waals surface area contributed by atoms with Gasteiger partial charge in [-0.1, -0.05) is 6.07 Å². The van der Waals surface area contributed by atoms with Crippen molar-refractivity contribution in [2.45, 2.75) is 0 Å². The van der Waals surface area contributed by atoms with E-state index >= 15 is 0 Å². The number of aromatic nitrogens is 1. The van der Waals surface area contributed by atoms with Gasteiger partial charge < -0.3 is 20.3 Å². The van der Waals surface area contributed by atoms with Gasteiger partial charge in [-0.25, -0.2) is 4.79 Å².